The maximum absolute atomic E-state index is 11.3. The zero-order valence-corrected chi connectivity index (χ0v) is 11.3. The van der Waals surface area contributed by atoms with Crippen molar-refractivity contribution in [2.75, 3.05) is 26.3 Å². The van der Waals surface area contributed by atoms with Crippen LogP contribution < -0.4 is 0 Å². The summed E-state index contributed by atoms with van der Waals surface area (Å²) in [6.45, 7) is 4.99. The first-order chi connectivity index (χ1) is 9.19. The highest BCUT2D eigenvalue weighted by Crippen LogP contribution is 2.36. The fraction of sp³-hybridized carbons (Fsp3) is 0.533. The summed E-state index contributed by atoms with van der Waals surface area (Å²) >= 11 is 0. The van der Waals surface area contributed by atoms with Gasteiger partial charge in [0.2, 0.25) is 0 Å². The number of hydrogen-bond acceptors (Lipinski definition) is 3. The summed E-state index contributed by atoms with van der Waals surface area (Å²) in [4.78, 5) is 13.6. The molecule has 1 saturated heterocycles. The van der Waals surface area contributed by atoms with Crippen LogP contribution in [0.2, 0.25) is 0 Å². The molecule has 104 valence electrons. The highest BCUT2D eigenvalue weighted by molar-refractivity contribution is 5.69. The van der Waals surface area contributed by atoms with E-state index in [1.807, 2.05) is 30.3 Å². The van der Waals surface area contributed by atoms with Crippen LogP contribution in [0.5, 0.6) is 0 Å². The molecule has 0 aliphatic carbocycles. The third kappa shape index (κ3) is 2.96. The lowest BCUT2D eigenvalue weighted by Gasteiger charge is -2.45. The van der Waals surface area contributed by atoms with Crippen LogP contribution in [-0.2, 0) is 15.1 Å². The zero-order valence-electron chi connectivity index (χ0n) is 11.3. The number of ether oxygens (including phenoxy) is 1. The van der Waals surface area contributed by atoms with Crippen molar-refractivity contribution in [1.82, 2.24) is 4.90 Å². The molecule has 4 heteroatoms. The molecule has 0 aromatic heterocycles. The van der Waals surface area contributed by atoms with E-state index in [-0.39, 0.29) is 6.42 Å². The molecule has 2 rings (SSSR count). The van der Waals surface area contributed by atoms with Crippen molar-refractivity contribution in [2.24, 2.45) is 0 Å². The number of carbonyl (C=O) groups is 1. The molecule has 0 amide bonds. The minimum Gasteiger partial charge on any atom is -0.481 e. The topological polar surface area (TPSA) is 49.8 Å². The average molecular weight is 263 g/mol. The lowest BCUT2D eigenvalue weighted by Crippen LogP contribution is -2.52. The Morgan fingerprint density at radius 1 is 1.32 bits per heavy atom. The van der Waals surface area contributed by atoms with E-state index in [1.165, 1.54) is 0 Å². The second-order valence-corrected chi connectivity index (χ2v) is 4.92. The molecule has 1 aromatic carbocycles. The SMILES string of the molecule is CCC(CC(=O)O)(c1ccccc1)N1CCOCC1. The monoisotopic (exact) mass is 263 g/mol. The van der Waals surface area contributed by atoms with Gasteiger partial charge in [0.1, 0.15) is 0 Å². The van der Waals surface area contributed by atoms with Crippen LogP contribution in [0.3, 0.4) is 0 Å². The number of benzene rings is 1. The first kappa shape index (κ1) is 14.0. The van der Waals surface area contributed by atoms with Gasteiger partial charge in [0.25, 0.3) is 0 Å². The minimum absolute atomic E-state index is 0.132. The van der Waals surface area contributed by atoms with Crippen LogP contribution in [0.4, 0.5) is 0 Å². The first-order valence-electron chi connectivity index (χ1n) is 6.79. The summed E-state index contributed by atoms with van der Waals surface area (Å²) in [6.07, 6.45) is 0.914. The zero-order chi connectivity index (χ0) is 13.7. The van der Waals surface area contributed by atoms with Crippen LogP contribution >= 0.6 is 0 Å². The molecule has 1 aliphatic heterocycles. The van der Waals surface area contributed by atoms with E-state index in [0.29, 0.717) is 13.2 Å². The summed E-state index contributed by atoms with van der Waals surface area (Å²) < 4.78 is 5.39. The molecule has 1 heterocycles. The van der Waals surface area contributed by atoms with E-state index in [4.69, 9.17) is 4.74 Å². The smallest absolute Gasteiger partial charge is 0.305 e. The maximum atomic E-state index is 11.3. The van der Waals surface area contributed by atoms with Crippen LogP contribution in [0.1, 0.15) is 25.3 Å². The normalized spacial score (nSPS) is 19.8. The van der Waals surface area contributed by atoms with E-state index < -0.39 is 11.5 Å². The van der Waals surface area contributed by atoms with Gasteiger partial charge in [-0.3, -0.25) is 9.69 Å². The second-order valence-electron chi connectivity index (χ2n) is 4.92. The quantitative estimate of drug-likeness (QED) is 0.884. The van der Waals surface area contributed by atoms with E-state index in [2.05, 4.69) is 11.8 Å². The lowest BCUT2D eigenvalue weighted by atomic mass is 9.82. The van der Waals surface area contributed by atoms with Gasteiger partial charge in [-0.25, -0.2) is 0 Å². The number of morpholine rings is 1. The van der Waals surface area contributed by atoms with Gasteiger partial charge in [-0.2, -0.15) is 0 Å². The number of aliphatic carboxylic acids is 1. The van der Waals surface area contributed by atoms with Gasteiger partial charge in [-0.05, 0) is 12.0 Å². The Balaban J connectivity index is 2.37. The van der Waals surface area contributed by atoms with Gasteiger partial charge in [-0.15, -0.1) is 0 Å². The Morgan fingerprint density at radius 2 is 1.95 bits per heavy atom. The molecule has 0 bridgehead atoms. The van der Waals surface area contributed by atoms with Crippen molar-refractivity contribution in [3.63, 3.8) is 0 Å². The molecular formula is C15H21NO3. The van der Waals surface area contributed by atoms with Gasteiger partial charge in [0.05, 0.1) is 25.2 Å². The van der Waals surface area contributed by atoms with Crippen LogP contribution in [0.25, 0.3) is 0 Å². The molecule has 1 aliphatic rings. The standard InChI is InChI=1S/C15H21NO3/c1-2-15(12-14(17)18,13-6-4-3-5-7-13)16-8-10-19-11-9-16/h3-7H,2,8-12H2,1H3,(H,17,18). The number of carboxylic acids is 1. The Bertz CT molecular complexity index is 415. The molecule has 0 spiro atoms. The van der Waals surface area contributed by atoms with Crippen molar-refractivity contribution in [2.45, 2.75) is 25.3 Å². The number of rotatable bonds is 5. The molecule has 1 N–H and O–H groups in total. The van der Waals surface area contributed by atoms with Crippen molar-refractivity contribution in [3.8, 4) is 0 Å². The molecule has 0 saturated carbocycles. The Morgan fingerprint density at radius 3 is 2.47 bits per heavy atom. The van der Waals surface area contributed by atoms with Crippen molar-refractivity contribution in [3.05, 3.63) is 35.9 Å². The highest BCUT2D eigenvalue weighted by Gasteiger charge is 2.39. The minimum atomic E-state index is -0.753. The maximum Gasteiger partial charge on any atom is 0.305 e. The highest BCUT2D eigenvalue weighted by atomic mass is 16.5. The number of carboxylic acid groups (broad SMARTS) is 1. The molecule has 1 fully saturated rings. The fourth-order valence-electron chi connectivity index (χ4n) is 2.94. The summed E-state index contributed by atoms with van der Waals surface area (Å²) in [5.74, 6) is -0.753. The number of nitrogens with zero attached hydrogens (tertiary/aromatic N) is 1. The largest absolute Gasteiger partial charge is 0.481 e. The molecule has 19 heavy (non-hydrogen) atoms. The molecule has 1 unspecified atom stereocenters. The molecule has 0 radical (unpaired) electrons. The third-order valence-electron chi connectivity index (χ3n) is 3.96. The predicted molar refractivity (Wildman–Crippen MR) is 73.1 cm³/mol. The van der Waals surface area contributed by atoms with Gasteiger partial charge in [0.15, 0.2) is 0 Å². The summed E-state index contributed by atoms with van der Waals surface area (Å²) in [5, 5.41) is 9.31. The van der Waals surface area contributed by atoms with Crippen LogP contribution in [-0.4, -0.2) is 42.3 Å². The van der Waals surface area contributed by atoms with Gasteiger partial charge < -0.3 is 9.84 Å². The summed E-state index contributed by atoms with van der Waals surface area (Å²) in [5.41, 5.74) is 0.665. The van der Waals surface area contributed by atoms with E-state index >= 15 is 0 Å². The first-order valence-corrected chi connectivity index (χ1v) is 6.79. The summed E-state index contributed by atoms with van der Waals surface area (Å²) in [7, 11) is 0. The van der Waals surface area contributed by atoms with Crippen LogP contribution in [0.15, 0.2) is 30.3 Å². The Hall–Kier alpha value is -1.39. The molecule has 4 nitrogen and oxygen atoms in total. The van der Waals surface area contributed by atoms with E-state index in [9.17, 15) is 9.90 Å². The Labute approximate surface area is 114 Å². The predicted octanol–water partition coefficient (Wildman–Crippen LogP) is 2.10. The Kier molecular flexibility index (Phi) is 4.56. The van der Waals surface area contributed by atoms with Crippen molar-refractivity contribution >= 4 is 5.97 Å². The summed E-state index contributed by atoms with van der Waals surface area (Å²) in [6, 6.07) is 9.97. The molecular weight excluding hydrogens is 242 g/mol. The molecule has 1 aromatic rings. The second kappa shape index (κ2) is 6.17. The van der Waals surface area contributed by atoms with E-state index in [0.717, 1.165) is 25.1 Å². The average Bonchev–Trinajstić information content (AvgIpc) is 2.46. The van der Waals surface area contributed by atoms with Gasteiger partial charge >= 0.3 is 5.97 Å². The van der Waals surface area contributed by atoms with Crippen LogP contribution in [0, 0.1) is 0 Å². The van der Waals surface area contributed by atoms with Gasteiger partial charge in [-0.1, -0.05) is 37.3 Å². The fourth-order valence-corrected chi connectivity index (χ4v) is 2.94. The van der Waals surface area contributed by atoms with Crippen molar-refractivity contribution in [1.29, 1.82) is 0 Å². The van der Waals surface area contributed by atoms with Gasteiger partial charge in [0, 0.05) is 13.1 Å². The molecule has 1 atom stereocenters. The van der Waals surface area contributed by atoms with E-state index in [1.54, 1.807) is 0 Å². The van der Waals surface area contributed by atoms with Crippen molar-refractivity contribution < 1.29 is 14.6 Å². The third-order valence-corrected chi connectivity index (χ3v) is 3.96. The lowest BCUT2D eigenvalue weighted by molar-refractivity contribution is -0.142. The number of hydrogen-bond donors (Lipinski definition) is 1.